The van der Waals surface area contributed by atoms with Crippen LogP contribution in [0.1, 0.15) is 98.8 Å². The lowest BCUT2D eigenvalue weighted by atomic mass is 9.63. The first-order valence-electron chi connectivity index (χ1n) is 11.2. The topological polar surface area (TPSA) is 84.9 Å². The zero-order valence-electron chi connectivity index (χ0n) is 19.0. The molecule has 0 spiro atoms. The second kappa shape index (κ2) is 12.2. The second-order valence-electron chi connectivity index (χ2n) is 8.20. The van der Waals surface area contributed by atoms with Gasteiger partial charge in [0.05, 0.1) is 11.0 Å². The maximum Gasteiger partial charge on any atom is 0.324 e. The number of carbonyl (C=O) groups excluding carboxylic acids is 3. The van der Waals surface area contributed by atoms with Crippen molar-refractivity contribution in [2.45, 2.75) is 104 Å². The summed E-state index contributed by atoms with van der Waals surface area (Å²) in [5.41, 5.74) is 2.00. The molecule has 0 radical (unpaired) electrons. The normalized spacial score (nSPS) is 24.4. The third-order valence-electron chi connectivity index (χ3n) is 6.21. The van der Waals surface area contributed by atoms with E-state index in [1.54, 1.807) is 11.9 Å². The van der Waals surface area contributed by atoms with Crippen LogP contribution in [0, 0.1) is 5.41 Å². The molecule has 168 valence electrons. The maximum absolute atomic E-state index is 13.2. The molecular formula is C22H40N2O5. The van der Waals surface area contributed by atoms with Crippen molar-refractivity contribution in [2.75, 3.05) is 13.3 Å². The Balaban J connectivity index is 3.00. The number of nitrogens with zero attached hydrogens (tertiary/aromatic N) is 1. The van der Waals surface area contributed by atoms with Gasteiger partial charge in [0.1, 0.15) is 6.54 Å². The van der Waals surface area contributed by atoms with Gasteiger partial charge in [-0.1, -0.05) is 66.2 Å². The van der Waals surface area contributed by atoms with Crippen molar-refractivity contribution in [3.63, 3.8) is 0 Å². The Kier molecular flexibility index (Phi) is 10.6. The SMILES string of the molecule is CCCCCC1(C)N(CC(=O)OCOC(=O)CC)NC(=O)C1(CCC)CCCC. The molecular weight excluding hydrogens is 372 g/mol. The van der Waals surface area contributed by atoms with Gasteiger partial charge in [0.15, 0.2) is 0 Å². The van der Waals surface area contributed by atoms with Crippen LogP contribution in [0.3, 0.4) is 0 Å². The van der Waals surface area contributed by atoms with Gasteiger partial charge in [-0.05, 0) is 26.2 Å². The minimum Gasteiger partial charge on any atom is -0.428 e. The van der Waals surface area contributed by atoms with Crippen molar-refractivity contribution in [3.8, 4) is 0 Å². The summed E-state index contributed by atoms with van der Waals surface area (Å²) in [6, 6.07) is 0. The lowest BCUT2D eigenvalue weighted by Gasteiger charge is -2.45. The van der Waals surface area contributed by atoms with E-state index in [4.69, 9.17) is 9.47 Å². The summed E-state index contributed by atoms with van der Waals surface area (Å²) in [6.45, 7) is 9.72. The Morgan fingerprint density at radius 2 is 1.55 bits per heavy atom. The number of esters is 2. The Morgan fingerprint density at radius 1 is 0.897 bits per heavy atom. The lowest BCUT2D eigenvalue weighted by Crippen LogP contribution is -2.55. The van der Waals surface area contributed by atoms with Crippen LogP contribution in [0.25, 0.3) is 0 Å². The van der Waals surface area contributed by atoms with E-state index in [0.29, 0.717) is 0 Å². The van der Waals surface area contributed by atoms with Gasteiger partial charge in [-0.2, -0.15) is 0 Å². The minimum absolute atomic E-state index is 0.0111. The van der Waals surface area contributed by atoms with Gasteiger partial charge in [0.2, 0.25) is 12.7 Å². The van der Waals surface area contributed by atoms with Crippen molar-refractivity contribution >= 4 is 17.8 Å². The molecule has 2 unspecified atom stereocenters. The van der Waals surface area contributed by atoms with Crippen molar-refractivity contribution in [1.82, 2.24) is 10.4 Å². The highest BCUT2D eigenvalue weighted by Crippen LogP contribution is 2.50. The van der Waals surface area contributed by atoms with E-state index in [2.05, 4.69) is 33.1 Å². The molecule has 0 bridgehead atoms. The fraction of sp³-hybridized carbons (Fsp3) is 0.864. The average Bonchev–Trinajstić information content (AvgIpc) is 2.88. The molecule has 1 aliphatic rings. The van der Waals surface area contributed by atoms with Crippen LogP contribution in [0.5, 0.6) is 0 Å². The zero-order valence-corrected chi connectivity index (χ0v) is 19.0. The first-order valence-corrected chi connectivity index (χ1v) is 11.2. The summed E-state index contributed by atoms with van der Waals surface area (Å²) in [7, 11) is 0. The number of unbranched alkanes of at least 4 members (excludes halogenated alkanes) is 3. The molecule has 0 saturated carbocycles. The molecule has 1 aliphatic heterocycles. The van der Waals surface area contributed by atoms with Gasteiger partial charge in [-0.3, -0.25) is 19.8 Å². The molecule has 0 aliphatic carbocycles. The summed E-state index contributed by atoms with van der Waals surface area (Å²) >= 11 is 0. The quantitative estimate of drug-likeness (QED) is 0.263. The average molecular weight is 413 g/mol. The number of carbonyl (C=O) groups is 3. The van der Waals surface area contributed by atoms with E-state index in [0.717, 1.165) is 57.8 Å². The highest BCUT2D eigenvalue weighted by Gasteiger charge is 2.60. The second-order valence-corrected chi connectivity index (χ2v) is 8.20. The van der Waals surface area contributed by atoms with Crippen LogP contribution < -0.4 is 5.43 Å². The minimum atomic E-state index is -0.515. The van der Waals surface area contributed by atoms with Crippen LogP contribution in [-0.4, -0.2) is 41.7 Å². The zero-order chi connectivity index (χ0) is 21.9. The molecule has 1 heterocycles. The molecule has 1 saturated heterocycles. The Bertz CT molecular complexity index is 553. The molecule has 1 rings (SSSR count). The molecule has 1 N–H and O–H groups in total. The summed E-state index contributed by atoms with van der Waals surface area (Å²) in [6.07, 6.45) is 8.75. The fourth-order valence-electron chi connectivity index (χ4n) is 4.40. The predicted molar refractivity (Wildman–Crippen MR) is 112 cm³/mol. The van der Waals surface area contributed by atoms with Gasteiger partial charge >= 0.3 is 11.9 Å². The van der Waals surface area contributed by atoms with Crippen LogP contribution in [0.4, 0.5) is 0 Å². The van der Waals surface area contributed by atoms with Crippen LogP contribution in [0.2, 0.25) is 0 Å². The standard InChI is InChI=1S/C22H40N2O5/c1-6-10-12-14-21(5)22(13-8-3,15-11-7-2)20(27)23-24(21)16-19(26)29-17-28-18(25)9-4/h6-17H2,1-5H3,(H,23,27). The van der Waals surface area contributed by atoms with Gasteiger partial charge in [-0.15, -0.1) is 0 Å². The number of hydrogen-bond donors (Lipinski definition) is 1. The van der Waals surface area contributed by atoms with E-state index in [1.165, 1.54) is 0 Å². The van der Waals surface area contributed by atoms with Gasteiger partial charge < -0.3 is 9.47 Å². The monoisotopic (exact) mass is 412 g/mol. The van der Waals surface area contributed by atoms with Gasteiger partial charge in [0, 0.05) is 6.42 Å². The van der Waals surface area contributed by atoms with Crippen molar-refractivity contribution in [1.29, 1.82) is 0 Å². The van der Waals surface area contributed by atoms with E-state index in [-0.39, 0.29) is 18.9 Å². The molecule has 0 aromatic heterocycles. The predicted octanol–water partition coefficient (Wildman–Crippen LogP) is 4.10. The number of rotatable bonds is 14. The first kappa shape index (κ1) is 25.4. The third kappa shape index (κ3) is 6.17. The number of ether oxygens (including phenoxy) is 2. The molecule has 1 amide bonds. The molecule has 29 heavy (non-hydrogen) atoms. The third-order valence-corrected chi connectivity index (χ3v) is 6.21. The van der Waals surface area contributed by atoms with Gasteiger partial charge in [-0.25, -0.2) is 5.01 Å². The largest absolute Gasteiger partial charge is 0.428 e. The van der Waals surface area contributed by atoms with E-state index < -0.39 is 29.7 Å². The van der Waals surface area contributed by atoms with Crippen LogP contribution >= 0.6 is 0 Å². The Morgan fingerprint density at radius 3 is 2.14 bits per heavy atom. The summed E-state index contributed by atoms with van der Waals surface area (Å²) in [5, 5.41) is 1.78. The highest BCUT2D eigenvalue weighted by atomic mass is 16.7. The smallest absolute Gasteiger partial charge is 0.324 e. The molecule has 1 fully saturated rings. The number of amides is 1. The maximum atomic E-state index is 13.2. The van der Waals surface area contributed by atoms with Crippen molar-refractivity contribution < 1.29 is 23.9 Å². The van der Waals surface area contributed by atoms with E-state index >= 15 is 0 Å². The number of nitrogens with one attached hydrogen (secondary N) is 1. The summed E-state index contributed by atoms with van der Waals surface area (Å²) in [5.74, 6) is -0.922. The Labute approximate surface area is 175 Å². The van der Waals surface area contributed by atoms with Gasteiger partial charge in [0.25, 0.3) is 0 Å². The Hall–Kier alpha value is -1.63. The van der Waals surface area contributed by atoms with Crippen molar-refractivity contribution in [3.05, 3.63) is 0 Å². The first-order chi connectivity index (χ1) is 13.8. The molecule has 7 heteroatoms. The van der Waals surface area contributed by atoms with E-state index in [9.17, 15) is 14.4 Å². The highest BCUT2D eigenvalue weighted by molar-refractivity contribution is 5.87. The number of hydrogen-bond acceptors (Lipinski definition) is 6. The molecule has 2 atom stereocenters. The number of hydrazine groups is 1. The summed E-state index contributed by atoms with van der Waals surface area (Å²) < 4.78 is 9.89. The molecule has 7 nitrogen and oxygen atoms in total. The van der Waals surface area contributed by atoms with Crippen LogP contribution in [0.15, 0.2) is 0 Å². The fourth-order valence-corrected chi connectivity index (χ4v) is 4.40. The molecule has 0 aromatic rings. The van der Waals surface area contributed by atoms with E-state index in [1.807, 2.05) is 0 Å². The van der Waals surface area contributed by atoms with Crippen LogP contribution in [-0.2, 0) is 23.9 Å². The summed E-state index contributed by atoms with van der Waals surface area (Å²) in [4.78, 5) is 36.8. The lowest BCUT2D eigenvalue weighted by molar-refractivity contribution is -0.169. The molecule has 0 aromatic carbocycles. The van der Waals surface area contributed by atoms with Crippen molar-refractivity contribution in [2.24, 2.45) is 5.41 Å².